The van der Waals surface area contributed by atoms with Crippen molar-refractivity contribution in [1.29, 1.82) is 0 Å². The highest BCUT2D eigenvalue weighted by molar-refractivity contribution is 7.89. The summed E-state index contributed by atoms with van der Waals surface area (Å²) in [5.74, 6) is -1.28. The monoisotopic (exact) mass is 366 g/mol. The molecule has 0 radical (unpaired) electrons. The molecule has 0 aliphatic carbocycles. The second kappa shape index (κ2) is 7.13. The Morgan fingerprint density at radius 2 is 1.60 bits per heavy atom. The average molecular weight is 366 g/mol. The molecule has 2 aliphatic rings. The molecule has 0 spiro atoms. The number of carboxylic acids is 1. The molecule has 0 bridgehead atoms. The first-order chi connectivity index (χ1) is 11.9. The molecular formula is C17H22N2O5S. The van der Waals surface area contributed by atoms with E-state index in [1.807, 2.05) is 4.90 Å². The lowest BCUT2D eigenvalue weighted by molar-refractivity contribution is -0.135. The third-order valence-electron chi connectivity index (χ3n) is 4.96. The molecule has 0 aromatic heterocycles. The summed E-state index contributed by atoms with van der Waals surface area (Å²) >= 11 is 0. The molecule has 2 heterocycles. The number of carbonyl (C=O) groups is 2. The van der Waals surface area contributed by atoms with E-state index in [0.29, 0.717) is 12.8 Å². The van der Waals surface area contributed by atoms with Crippen LogP contribution in [0.1, 0.15) is 36.0 Å². The topological polar surface area (TPSA) is 95.0 Å². The Morgan fingerprint density at radius 3 is 2.20 bits per heavy atom. The van der Waals surface area contributed by atoms with E-state index in [4.69, 9.17) is 0 Å². The Balaban J connectivity index is 1.72. The van der Waals surface area contributed by atoms with Crippen molar-refractivity contribution >= 4 is 21.9 Å². The highest BCUT2D eigenvalue weighted by Gasteiger charge is 2.35. The summed E-state index contributed by atoms with van der Waals surface area (Å²) in [7, 11) is -3.88. The van der Waals surface area contributed by atoms with Crippen molar-refractivity contribution < 1.29 is 23.1 Å². The zero-order chi connectivity index (χ0) is 18.0. The van der Waals surface area contributed by atoms with Crippen LogP contribution in [0.25, 0.3) is 0 Å². The predicted molar refractivity (Wildman–Crippen MR) is 90.7 cm³/mol. The summed E-state index contributed by atoms with van der Waals surface area (Å²) in [6, 6.07) is 5.63. The summed E-state index contributed by atoms with van der Waals surface area (Å²) in [6.07, 6.45) is 3.02. The smallest absolute Gasteiger partial charge is 0.337 e. The Labute approximate surface area is 147 Å². The largest absolute Gasteiger partial charge is 0.478 e. The lowest BCUT2D eigenvalue weighted by atomic mass is 9.97. The van der Waals surface area contributed by atoms with Crippen molar-refractivity contribution in [2.75, 3.05) is 26.2 Å². The van der Waals surface area contributed by atoms with E-state index in [2.05, 4.69) is 0 Å². The van der Waals surface area contributed by atoms with Gasteiger partial charge in [-0.05, 0) is 37.8 Å². The van der Waals surface area contributed by atoms with E-state index in [9.17, 15) is 23.1 Å². The Kier molecular flexibility index (Phi) is 5.10. The molecule has 1 amide bonds. The van der Waals surface area contributed by atoms with E-state index in [1.165, 1.54) is 28.6 Å². The van der Waals surface area contributed by atoms with Crippen LogP contribution in [0.2, 0.25) is 0 Å². The predicted octanol–water partition coefficient (Wildman–Crippen LogP) is 1.41. The second-order valence-electron chi connectivity index (χ2n) is 6.51. The van der Waals surface area contributed by atoms with E-state index in [0.717, 1.165) is 25.9 Å². The number of piperidine rings is 1. The number of carboxylic acid groups (broad SMARTS) is 1. The van der Waals surface area contributed by atoms with Crippen molar-refractivity contribution in [2.45, 2.75) is 30.6 Å². The van der Waals surface area contributed by atoms with Gasteiger partial charge in [-0.1, -0.05) is 12.1 Å². The number of nitrogens with zero attached hydrogens (tertiary/aromatic N) is 2. The average Bonchev–Trinajstić information content (AvgIpc) is 3.16. The highest BCUT2D eigenvalue weighted by atomic mass is 32.2. The van der Waals surface area contributed by atoms with Gasteiger partial charge in [0.2, 0.25) is 15.9 Å². The number of aromatic carboxylic acids is 1. The molecule has 3 rings (SSSR count). The fraction of sp³-hybridized carbons (Fsp3) is 0.529. The normalized spacial score (nSPS) is 19.9. The van der Waals surface area contributed by atoms with E-state index < -0.39 is 16.0 Å². The van der Waals surface area contributed by atoms with E-state index in [-0.39, 0.29) is 35.4 Å². The van der Waals surface area contributed by atoms with Crippen LogP contribution in [0.5, 0.6) is 0 Å². The van der Waals surface area contributed by atoms with Crippen LogP contribution in [0, 0.1) is 5.92 Å². The fourth-order valence-corrected chi connectivity index (χ4v) is 5.20. The van der Waals surface area contributed by atoms with Gasteiger partial charge in [0.1, 0.15) is 0 Å². The van der Waals surface area contributed by atoms with Crippen molar-refractivity contribution in [1.82, 2.24) is 9.21 Å². The maximum atomic E-state index is 12.8. The third-order valence-corrected chi connectivity index (χ3v) is 6.91. The summed E-state index contributed by atoms with van der Waals surface area (Å²) in [4.78, 5) is 25.4. The first-order valence-electron chi connectivity index (χ1n) is 8.52. The first kappa shape index (κ1) is 17.9. The summed E-state index contributed by atoms with van der Waals surface area (Å²) in [5.41, 5.74) is -0.224. The number of rotatable bonds is 4. The van der Waals surface area contributed by atoms with Gasteiger partial charge in [0, 0.05) is 32.1 Å². The highest BCUT2D eigenvalue weighted by Crippen LogP contribution is 2.27. The van der Waals surface area contributed by atoms with Crippen molar-refractivity contribution in [3.63, 3.8) is 0 Å². The maximum absolute atomic E-state index is 12.8. The molecule has 0 saturated carbocycles. The van der Waals surface area contributed by atoms with E-state index >= 15 is 0 Å². The number of hydrogen-bond donors (Lipinski definition) is 1. The lowest BCUT2D eigenvalue weighted by Crippen LogP contribution is -2.44. The number of carbonyl (C=O) groups excluding carboxylic acids is 1. The Bertz CT molecular complexity index is 763. The second-order valence-corrected chi connectivity index (χ2v) is 8.42. The summed E-state index contributed by atoms with van der Waals surface area (Å²) in [5, 5.41) is 9.23. The van der Waals surface area contributed by atoms with E-state index in [1.54, 1.807) is 0 Å². The maximum Gasteiger partial charge on any atom is 0.337 e. The van der Waals surface area contributed by atoms with Crippen LogP contribution in [-0.4, -0.2) is 60.8 Å². The molecule has 25 heavy (non-hydrogen) atoms. The van der Waals surface area contributed by atoms with Crippen LogP contribution in [0.4, 0.5) is 0 Å². The number of sulfonamides is 1. The molecule has 7 nitrogen and oxygen atoms in total. The molecule has 136 valence electrons. The molecule has 2 aliphatic heterocycles. The lowest BCUT2D eigenvalue weighted by Gasteiger charge is -2.32. The van der Waals surface area contributed by atoms with Gasteiger partial charge in [-0.2, -0.15) is 4.31 Å². The first-order valence-corrected chi connectivity index (χ1v) is 9.96. The van der Waals surface area contributed by atoms with Crippen LogP contribution < -0.4 is 0 Å². The molecule has 0 atom stereocenters. The van der Waals surface area contributed by atoms with Crippen LogP contribution >= 0.6 is 0 Å². The van der Waals surface area contributed by atoms with Gasteiger partial charge in [-0.3, -0.25) is 4.79 Å². The molecule has 8 heteroatoms. The third kappa shape index (κ3) is 3.55. The van der Waals surface area contributed by atoms with Crippen LogP contribution in [-0.2, 0) is 14.8 Å². The van der Waals surface area contributed by atoms with Gasteiger partial charge in [0.15, 0.2) is 0 Å². The molecule has 1 N–H and O–H groups in total. The van der Waals surface area contributed by atoms with Crippen LogP contribution in [0.3, 0.4) is 0 Å². The zero-order valence-corrected chi connectivity index (χ0v) is 14.7. The quantitative estimate of drug-likeness (QED) is 0.869. The number of likely N-dealkylation sites (tertiary alicyclic amines) is 1. The molecular weight excluding hydrogens is 344 g/mol. The number of amides is 1. The molecule has 2 saturated heterocycles. The summed E-state index contributed by atoms with van der Waals surface area (Å²) in [6.45, 7) is 2.06. The fourth-order valence-electron chi connectivity index (χ4n) is 3.55. The van der Waals surface area contributed by atoms with Gasteiger partial charge >= 0.3 is 5.97 Å². The Hall–Kier alpha value is -1.93. The van der Waals surface area contributed by atoms with Crippen molar-refractivity contribution in [3.05, 3.63) is 29.8 Å². The number of hydrogen-bond acceptors (Lipinski definition) is 4. The minimum atomic E-state index is -3.88. The van der Waals surface area contributed by atoms with Crippen molar-refractivity contribution in [3.8, 4) is 0 Å². The molecule has 1 aromatic carbocycles. The van der Waals surface area contributed by atoms with Gasteiger partial charge in [0.05, 0.1) is 10.5 Å². The van der Waals surface area contributed by atoms with Gasteiger partial charge < -0.3 is 10.0 Å². The zero-order valence-electron chi connectivity index (χ0n) is 13.9. The molecule has 2 fully saturated rings. The SMILES string of the molecule is O=C(O)c1ccccc1S(=O)(=O)N1CCC(C(=O)N2CCCC2)CC1. The summed E-state index contributed by atoms with van der Waals surface area (Å²) < 4.78 is 26.9. The van der Waals surface area contributed by atoms with Crippen molar-refractivity contribution in [2.24, 2.45) is 5.92 Å². The number of benzene rings is 1. The van der Waals surface area contributed by atoms with Crippen LogP contribution in [0.15, 0.2) is 29.2 Å². The molecule has 1 aromatic rings. The van der Waals surface area contributed by atoms with Gasteiger partial charge in [-0.15, -0.1) is 0 Å². The standard InChI is InChI=1S/C17H22N2O5S/c20-16(18-9-3-4-10-18)13-7-11-19(12-8-13)25(23,24)15-6-2-1-5-14(15)17(21)22/h1-2,5-6,13H,3-4,7-12H2,(H,21,22). The minimum absolute atomic E-state index is 0.125. The minimum Gasteiger partial charge on any atom is -0.478 e. The van der Waals surface area contributed by atoms with Gasteiger partial charge in [-0.25, -0.2) is 13.2 Å². The molecule has 0 unspecified atom stereocenters. The Morgan fingerprint density at radius 1 is 1.00 bits per heavy atom. The van der Waals surface area contributed by atoms with Gasteiger partial charge in [0.25, 0.3) is 0 Å².